The van der Waals surface area contributed by atoms with Gasteiger partial charge in [0.1, 0.15) is 0 Å². The van der Waals surface area contributed by atoms with Gasteiger partial charge in [-0.1, -0.05) is 29.8 Å². The second-order valence-electron chi connectivity index (χ2n) is 6.36. The highest BCUT2D eigenvalue weighted by molar-refractivity contribution is 6.01. The molecular weight excluding hydrogens is 276 g/mol. The van der Waals surface area contributed by atoms with Crippen LogP contribution in [0.3, 0.4) is 0 Å². The molecule has 0 saturated carbocycles. The van der Waals surface area contributed by atoms with Crippen molar-refractivity contribution in [1.29, 1.82) is 0 Å². The summed E-state index contributed by atoms with van der Waals surface area (Å²) < 4.78 is 0. The molecule has 3 rings (SSSR count). The van der Waals surface area contributed by atoms with Crippen LogP contribution in [0.1, 0.15) is 42.7 Å². The van der Waals surface area contributed by atoms with Crippen molar-refractivity contribution in [2.75, 3.05) is 14.1 Å². The predicted molar refractivity (Wildman–Crippen MR) is 85.0 cm³/mol. The molecule has 1 amide bonds. The number of nitrogens with zero attached hydrogens (tertiary/aromatic N) is 2. The van der Waals surface area contributed by atoms with Gasteiger partial charge in [-0.15, -0.1) is 0 Å². The van der Waals surface area contributed by atoms with Crippen molar-refractivity contribution in [3.05, 3.63) is 46.7 Å². The zero-order valence-corrected chi connectivity index (χ0v) is 13.4. The summed E-state index contributed by atoms with van der Waals surface area (Å²) in [5.74, 6) is 0.184. The van der Waals surface area contributed by atoms with Gasteiger partial charge in [0.2, 0.25) is 5.91 Å². The van der Waals surface area contributed by atoms with E-state index in [9.17, 15) is 9.59 Å². The number of hydrazine groups is 1. The maximum atomic E-state index is 12.6. The number of hydrogen-bond acceptors (Lipinski definition) is 3. The van der Waals surface area contributed by atoms with E-state index in [1.165, 1.54) is 0 Å². The van der Waals surface area contributed by atoms with Gasteiger partial charge in [0, 0.05) is 44.1 Å². The van der Waals surface area contributed by atoms with Crippen LogP contribution in [0.4, 0.5) is 0 Å². The van der Waals surface area contributed by atoms with E-state index in [0.29, 0.717) is 12.8 Å². The topological polar surface area (TPSA) is 40.6 Å². The molecule has 1 aliphatic carbocycles. The van der Waals surface area contributed by atoms with E-state index in [1.54, 1.807) is 10.0 Å². The van der Waals surface area contributed by atoms with Crippen LogP contribution in [-0.4, -0.2) is 35.8 Å². The lowest BCUT2D eigenvalue weighted by Crippen LogP contribution is -2.47. The first kappa shape index (κ1) is 15.0. The third kappa shape index (κ3) is 2.48. The van der Waals surface area contributed by atoms with Crippen molar-refractivity contribution in [2.24, 2.45) is 0 Å². The number of allylic oxidation sites excluding steroid dienone is 2. The van der Waals surface area contributed by atoms with Crippen molar-refractivity contribution in [1.82, 2.24) is 10.0 Å². The molecule has 1 atom stereocenters. The Morgan fingerprint density at radius 1 is 1.18 bits per heavy atom. The fourth-order valence-corrected chi connectivity index (χ4v) is 3.61. The number of amides is 1. The van der Waals surface area contributed by atoms with Crippen LogP contribution in [0.25, 0.3) is 0 Å². The average molecular weight is 298 g/mol. The lowest BCUT2D eigenvalue weighted by atomic mass is 9.77. The zero-order chi connectivity index (χ0) is 15.9. The minimum Gasteiger partial charge on any atom is -0.294 e. The highest BCUT2D eigenvalue weighted by atomic mass is 16.2. The molecule has 0 radical (unpaired) electrons. The van der Waals surface area contributed by atoms with Crippen LogP contribution in [0.15, 0.2) is 35.5 Å². The Morgan fingerprint density at radius 2 is 1.95 bits per heavy atom. The van der Waals surface area contributed by atoms with E-state index in [2.05, 4.69) is 6.07 Å². The SMILES string of the molecule is Cc1cccc([C@H]2CC(=O)N(N(C)C)C3=C2C(=O)CCC3)c1. The fraction of sp³-hybridized carbons (Fsp3) is 0.444. The molecule has 0 N–H and O–H groups in total. The molecule has 1 aliphatic heterocycles. The van der Waals surface area contributed by atoms with Crippen LogP contribution < -0.4 is 0 Å². The maximum Gasteiger partial charge on any atom is 0.242 e. The van der Waals surface area contributed by atoms with Crippen molar-refractivity contribution < 1.29 is 9.59 Å². The Labute approximate surface area is 131 Å². The smallest absolute Gasteiger partial charge is 0.242 e. The fourth-order valence-electron chi connectivity index (χ4n) is 3.61. The molecule has 1 aromatic carbocycles. The summed E-state index contributed by atoms with van der Waals surface area (Å²) in [4.78, 5) is 25.2. The minimum absolute atomic E-state index is 0.0740. The highest BCUT2D eigenvalue weighted by Gasteiger charge is 2.39. The quantitative estimate of drug-likeness (QED) is 0.843. The van der Waals surface area contributed by atoms with Gasteiger partial charge in [0.05, 0.1) is 0 Å². The average Bonchev–Trinajstić information content (AvgIpc) is 2.46. The van der Waals surface area contributed by atoms with Crippen LogP contribution in [0, 0.1) is 6.92 Å². The molecule has 4 nitrogen and oxygen atoms in total. The number of carbonyl (C=O) groups excluding carboxylic acids is 2. The highest BCUT2D eigenvalue weighted by Crippen LogP contribution is 2.41. The third-order valence-corrected chi connectivity index (χ3v) is 4.49. The van der Waals surface area contributed by atoms with Gasteiger partial charge in [0.15, 0.2) is 5.78 Å². The van der Waals surface area contributed by atoms with E-state index in [1.807, 2.05) is 39.2 Å². The largest absolute Gasteiger partial charge is 0.294 e. The monoisotopic (exact) mass is 298 g/mol. The summed E-state index contributed by atoms with van der Waals surface area (Å²) in [6, 6.07) is 8.16. The molecule has 1 aromatic rings. The minimum atomic E-state index is -0.0913. The lowest BCUT2D eigenvalue weighted by Gasteiger charge is -2.41. The summed E-state index contributed by atoms with van der Waals surface area (Å²) in [5.41, 5.74) is 3.99. The summed E-state index contributed by atoms with van der Waals surface area (Å²) >= 11 is 0. The first-order chi connectivity index (χ1) is 10.5. The summed E-state index contributed by atoms with van der Waals surface area (Å²) in [6.45, 7) is 2.04. The number of benzene rings is 1. The number of carbonyl (C=O) groups is 2. The van der Waals surface area contributed by atoms with Crippen LogP contribution in [0.2, 0.25) is 0 Å². The number of hydrogen-bond donors (Lipinski definition) is 0. The van der Waals surface area contributed by atoms with Crippen LogP contribution in [-0.2, 0) is 9.59 Å². The summed E-state index contributed by atoms with van der Waals surface area (Å²) in [7, 11) is 3.71. The van der Waals surface area contributed by atoms with E-state index >= 15 is 0 Å². The summed E-state index contributed by atoms with van der Waals surface area (Å²) in [5, 5.41) is 3.49. The molecule has 0 aromatic heterocycles. The Kier molecular flexibility index (Phi) is 3.87. The lowest BCUT2D eigenvalue weighted by molar-refractivity contribution is -0.143. The normalized spacial score (nSPS) is 22.4. The van der Waals surface area contributed by atoms with Crippen molar-refractivity contribution in [3.63, 3.8) is 0 Å². The van der Waals surface area contributed by atoms with E-state index in [0.717, 1.165) is 35.2 Å². The molecule has 0 saturated heterocycles. The van der Waals surface area contributed by atoms with E-state index in [4.69, 9.17) is 0 Å². The second-order valence-corrected chi connectivity index (χ2v) is 6.36. The van der Waals surface area contributed by atoms with E-state index < -0.39 is 0 Å². The molecule has 116 valence electrons. The molecular formula is C18H22N2O2. The first-order valence-corrected chi connectivity index (χ1v) is 7.82. The molecule has 0 fully saturated rings. The van der Waals surface area contributed by atoms with Crippen molar-refractivity contribution in [2.45, 2.75) is 38.5 Å². The molecule has 0 bridgehead atoms. The van der Waals surface area contributed by atoms with Gasteiger partial charge in [-0.3, -0.25) is 9.59 Å². The predicted octanol–water partition coefficient (Wildman–Crippen LogP) is 2.79. The van der Waals surface area contributed by atoms with Gasteiger partial charge in [-0.2, -0.15) is 0 Å². The summed E-state index contributed by atoms with van der Waals surface area (Å²) in [6.07, 6.45) is 2.59. The van der Waals surface area contributed by atoms with Gasteiger partial charge in [0.25, 0.3) is 0 Å². The Balaban J connectivity index is 2.13. The standard InChI is InChI=1S/C18H22N2O2/c1-12-6-4-7-13(10-12)14-11-17(22)20(19(2)3)15-8-5-9-16(21)18(14)15/h4,6-7,10,14H,5,8-9,11H2,1-3H3/t14-/m1/s1. The van der Waals surface area contributed by atoms with Crippen molar-refractivity contribution >= 4 is 11.7 Å². The Bertz CT molecular complexity index is 661. The molecule has 22 heavy (non-hydrogen) atoms. The molecule has 0 unspecified atom stereocenters. The second kappa shape index (κ2) is 5.69. The molecule has 4 heteroatoms. The Hall–Kier alpha value is -1.94. The van der Waals surface area contributed by atoms with Gasteiger partial charge >= 0.3 is 0 Å². The molecule has 1 heterocycles. The third-order valence-electron chi connectivity index (χ3n) is 4.49. The van der Waals surface area contributed by atoms with E-state index in [-0.39, 0.29) is 17.6 Å². The van der Waals surface area contributed by atoms with Gasteiger partial charge in [-0.05, 0) is 25.3 Å². The number of aryl methyl sites for hydroxylation is 1. The molecule has 0 spiro atoms. The number of rotatable bonds is 2. The van der Waals surface area contributed by atoms with Gasteiger partial charge < -0.3 is 0 Å². The van der Waals surface area contributed by atoms with Crippen LogP contribution in [0.5, 0.6) is 0 Å². The van der Waals surface area contributed by atoms with Crippen molar-refractivity contribution in [3.8, 4) is 0 Å². The zero-order valence-electron chi connectivity index (χ0n) is 13.4. The first-order valence-electron chi connectivity index (χ1n) is 7.82. The molecule has 2 aliphatic rings. The Morgan fingerprint density at radius 3 is 2.64 bits per heavy atom. The maximum absolute atomic E-state index is 12.6. The van der Waals surface area contributed by atoms with Gasteiger partial charge in [-0.25, -0.2) is 10.0 Å². The number of ketones is 1. The number of Topliss-reactive ketones (excluding diaryl/α,β-unsaturated/α-hetero) is 1. The van der Waals surface area contributed by atoms with Crippen LogP contribution >= 0.6 is 0 Å².